The third-order valence-electron chi connectivity index (χ3n) is 10.2. The van der Waals surface area contributed by atoms with E-state index in [0.29, 0.717) is 0 Å². The van der Waals surface area contributed by atoms with Gasteiger partial charge < -0.3 is 19.3 Å². The number of aliphatic imine (C=N–C) groups is 2. The molecule has 9 rings (SSSR count). The Morgan fingerprint density at radius 1 is 0.571 bits per heavy atom. The highest BCUT2D eigenvalue weighted by Crippen LogP contribution is 2.38. The zero-order chi connectivity index (χ0) is 33.7. The molecule has 0 unspecified atom stereocenters. The molecule has 0 radical (unpaired) electrons. The van der Waals surface area contributed by atoms with Crippen molar-refractivity contribution in [3.63, 3.8) is 0 Å². The number of rotatable bonds is 4. The van der Waals surface area contributed by atoms with Gasteiger partial charge in [-0.2, -0.15) is 0 Å². The Labute approximate surface area is 287 Å². The molecule has 0 saturated heterocycles. The summed E-state index contributed by atoms with van der Waals surface area (Å²) in [6.45, 7) is 14.4. The highest BCUT2D eigenvalue weighted by atomic mass is 16.5. The maximum absolute atomic E-state index is 6.60. The molecule has 4 aliphatic heterocycles. The summed E-state index contributed by atoms with van der Waals surface area (Å²) in [5, 5.41) is 0. The molecule has 0 atom stereocenters. The van der Waals surface area contributed by atoms with Crippen molar-refractivity contribution in [3.8, 4) is 45.5 Å². The molecule has 0 fully saturated rings. The number of benzene rings is 3. The lowest BCUT2D eigenvalue weighted by atomic mass is 9.35. The lowest BCUT2D eigenvalue weighted by Gasteiger charge is -2.33. The minimum absolute atomic E-state index is 0.0334. The van der Waals surface area contributed by atoms with Crippen LogP contribution in [0.5, 0.6) is 23.0 Å². The van der Waals surface area contributed by atoms with Crippen LogP contribution in [0.3, 0.4) is 0 Å². The van der Waals surface area contributed by atoms with E-state index in [-0.39, 0.29) is 17.8 Å². The fourth-order valence-corrected chi connectivity index (χ4v) is 7.89. The Hall–Kier alpha value is -5.44. The van der Waals surface area contributed by atoms with Gasteiger partial charge >= 0.3 is 0 Å². The average Bonchev–Trinajstić information content (AvgIpc) is 3.54. The number of hydrogen-bond acceptors (Lipinski definition) is 8. The number of ether oxygens (including phenoxy) is 2. The standard InChI is InChI=1S/C40H37BN6O2/c1-24-42-22-39(3,4)46(24)36-14-7-10-30(44-36)26-16-18-28-34(20-26)48-32-12-9-13-33-38(32)41(28)29-19-17-27(21-35(29)49-33)31-11-8-15-37(45-31)47-25(2)43-23-40(47,5)6/h7-21H,22-23H2,1-6H3. The van der Waals surface area contributed by atoms with Gasteiger partial charge in [-0.1, -0.05) is 42.5 Å². The minimum atomic E-state index is -0.121. The summed E-state index contributed by atoms with van der Waals surface area (Å²) < 4.78 is 13.2. The summed E-state index contributed by atoms with van der Waals surface area (Å²) in [5.41, 5.74) is 6.81. The van der Waals surface area contributed by atoms with Crippen molar-refractivity contribution in [2.24, 2.45) is 9.98 Å². The molecule has 8 nitrogen and oxygen atoms in total. The number of hydrogen-bond donors (Lipinski definition) is 0. The van der Waals surface area contributed by atoms with Crippen LogP contribution in [-0.4, -0.2) is 52.5 Å². The molecule has 0 saturated carbocycles. The van der Waals surface area contributed by atoms with E-state index in [1.165, 1.54) is 0 Å². The van der Waals surface area contributed by atoms with Gasteiger partial charge in [-0.25, -0.2) is 9.97 Å². The molecule has 0 spiro atoms. The average molecular weight is 645 g/mol. The molecule has 2 aromatic heterocycles. The predicted molar refractivity (Wildman–Crippen MR) is 200 cm³/mol. The van der Waals surface area contributed by atoms with E-state index in [1.54, 1.807) is 0 Å². The highest BCUT2D eigenvalue weighted by Gasteiger charge is 2.41. The number of aromatic nitrogens is 2. The first kappa shape index (κ1) is 29.7. The summed E-state index contributed by atoms with van der Waals surface area (Å²) in [6.07, 6.45) is 0. The van der Waals surface area contributed by atoms with Crippen LogP contribution in [0.15, 0.2) is 101 Å². The van der Waals surface area contributed by atoms with Crippen LogP contribution >= 0.6 is 0 Å². The third kappa shape index (κ3) is 4.66. The Kier molecular flexibility index (Phi) is 6.38. The first-order chi connectivity index (χ1) is 23.6. The molecular weight excluding hydrogens is 607 g/mol. The first-order valence-electron chi connectivity index (χ1n) is 16.9. The second-order valence-corrected chi connectivity index (χ2v) is 14.6. The van der Waals surface area contributed by atoms with Crippen molar-refractivity contribution in [2.45, 2.75) is 52.6 Å². The van der Waals surface area contributed by atoms with Crippen molar-refractivity contribution in [1.29, 1.82) is 0 Å². The van der Waals surface area contributed by atoms with E-state index in [0.717, 1.165) is 98.3 Å². The zero-order valence-electron chi connectivity index (χ0n) is 28.7. The van der Waals surface area contributed by atoms with Gasteiger partial charge in [0.2, 0.25) is 0 Å². The highest BCUT2D eigenvalue weighted by molar-refractivity contribution is 6.98. The van der Waals surface area contributed by atoms with Crippen LogP contribution in [0.4, 0.5) is 11.6 Å². The summed E-state index contributed by atoms with van der Waals surface area (Å²) >= 11 is 0. The second kappa shape index (κ2) is 10.5. The van der Waals surface area contributed by atoms with E-state index in [9.17, 15) is 0 Å². The molecule has 242 valence electrons. The van der Waals surface area contributed by atoms with Crippen LogP contribution < -0.4 is 35.7 Å². The molecule has 9 heteroatoms. The van der Waals surface area contributed by atoms with E-state index >= 15 is 0 Å². The van der Waals surface area contributed by atoms with Crippen LogP contribution in [-0.2, 0) is 0 Å². The van der Waals surface area contributed by atoms with Gasteiger partial charge in [-0.3, -0.25) is 9.98 Å². The molecule has 0 aliphatic carbocycles. The summed E-state index contributed by atoms with van der Waals surface area (Å²) in [4.78, 5) is 24.0. The molecular formula is C40H37BN6O2. The van der Waals surface area contributed by atoms with Gasteiger partial charge in [0.05, 0.1) is 35.6 Å². The second-order valence-electron chi connectivity index (χ2n) is 14.6. The quantitative estimate of drug-likeness (QED) is 0.202. The van der Waals surface area contributed by atoms with Gasteiger partial charge in [0.25, 0.3) is 6.71 Å². The van der Waals surface area contributed by atoms with Gasteiger partial charge in [0.1, 0.15) is 46.3 Å². The first-order valence-corrected chi connectivity index (χ1v) is 16.9. The maximum atomic E-state index is 6.60. The van der Waals surface area contributed by atoms with E-state index in [1.807, 2.05) is 18.2 Å². The largest absolute Gasteiger partial charge is 0.458 e. The Bertz CT molecular complexity index is 2110. The zero-order valence-corrected chi connectivity index (χ0v) is 28.7. The monoisotopic (exact) mass is 644 g/mol. The molecule has 6 heterocycles. The van der Waals surface area contributed by atoms with Crippen LogP contribution in [0.2, 0.25) is 0 Å². The van der Waals surface area contributed by atoms with Crippen molar-refractivity contribution >= 4 is 46.4 Å². The Morgan fingerprint density at radius 3 is 1.45 bits per heavy atom. The van der Waals surface area contributed by atoms with Gasteiger partial charge in [-0.05, 0) is 101 Å². The van der Waals surface area contributed by atoms with Crippen molar-refractivity contribution < 1.29 is 9.47 Å². The van der Waals surface area contributed by atoms with E-state index < -0.39 is 0 Å². The normalized spacial score (nSPS) is 17.8. The van der Waals surface area contributed by atoms with Gasteiger partial charge in [-0.15, -0.1) is 0 Å². The molecule has 5 aromatic rings. The maximum Gasteiger partial charge on any atom is 0.260 e. The number of amidine groups is 2. The smallest absolute Gasteiger partial charge is 0.260 e. The molecule has 0 amide bonds. The number of nitrogens with zero attached hydrogens (tertiary/aromatic N) is 6. The fraction of sp³-hybridized carbons (Fsp3) is 0.250. The van der Waals surface area contributed by atoms with Crippen molar-refractivity contribution in [3.05, 3.63) is 91.0 Å². The fourth-order valence-electron chi connectivity index (χ4n) is 7.89. The topological polar surface area (TPSA) is 75.4 Å². The third-order valence-corrected chi connectivity index (χ3v) is 10.2. The van der Waals surface area contributed by atoms with E-state index in [2.05, 4.69) is 124 Å². The summed E-state index contributed by atoms with van der Waals surface area (Å²) in [5.74, 6) is 7.06. The van der Waals surface area contributed by atoms with Gasteiger partial charge in [0, 0.05) is 16.6 Å². The van der Waals surface area contributed by atoms with Gasteiger partial charge in [0.15, 0.2) is 0 Å². The van der Waals surface area contributed by atoms with Crippen molar-refractivity contribution in [2.75, 3.05) is 22.9 Å². The Balaban J connectivity index is 1.09. The lowest BCUT2D eigenvalue weighted by Crippen LogP contribution is -2.57. The molecule has 3 aromatic carbocycles. The molecule has 0 bridgehead atoms. The Morgan fingerprint density at radius 2 is 1.02 bits per heavy atom. The number of anilines is 2. The lowest BCUT2D eigenvalue weighted by molar-refractivity contribution is 0.464. The summed E-state index contributed by atoms with van der Waals surface area (Å²) in [7, 11) is 0. The molecule has 0 N–H and O–H groups in total. The van der Waals surface area contributed by atoms with Crippen molar-refractivity contribution in [1.82, 2.24) is 9.97 Å². The number of fused-ring (bicyclic) bond motifs is 4. The molecule has 4 aliphatic rings. The summed E-state index contributed by atoms with van der Waals surface area (Å²) in [6, 6.07) is 31.4. The van der Waals surface area contributed by atoms with E-state index in [4.69, 9.17) is 29.4 Å². The predicted octanol–water partition coefficient (Wildman–Crippen LogP) is 6.57. The van der Waals surface area contributed by atoms with Crippen LogP contribution in [0.1, 0.15) is 41.5 Å². The SMILES string of the molecule is CC1=NCC(C)(C)N1c1cccc(-c2ccc3c(c2)Oc2cccc4c2B3c2ccc(-c3cccc(N5C(C)=NCC5(C)C)n3)cc2O4)n1. The van der Waals surface area contributed by atoms with Crippen LogP contribution in [0.25, 0.3) is 22.5 Å². The minimum Gasteiger partial charge on any atom is -0.458 e. The number of pyridine rings is 2. The molecule has 49 heavy (non-hydrogen) atoms. The van der Waals surface area contributed by atoms with Crippen LogP contribution in [0, 0.1) is 0 Å².